The van der Waals surface area contributed by atoms with Crippen LogP contribution in [0.4, 0.5) is 0 Å². The lowest BCUT2D eigenvalue weighted by Crippen LogP contribution is -2.26. The average molecular weight is 219 g/mol. The molecule has 1 aliphatic rings. The molecule has 1 atom stereocenters. The molecule has 1 N–H and O–H groups in total. The van der Waals surface area contributed by atoms with Crippen LogP contribution < -0.4 is 5.32 Å². The minimum absolute atomic E-state index is 0.835. The van der Waals surface area contributed by atoms with Crippen LogP contribution >= 0.6 is 0 Å². The summed E-state index contributed by atoms with van der Waals surface area (Å²) in [5.41, 5.74) is 1.37. The van der Waals surface area contributed by atoms with E-state index in [-0.39, 0.29) is 0 Å². The van der Waals surface area contributed by atoms with E-state index in [1.807, 2.05) is 12.4 Å². The van der Waals surface area contributed by atoms with Gasteiger partial charge in [0.05, 0.1) is 0 Å². The molecular formula is C13H21N3. The van der Waals surface area contributed by atoms with E-state index in [1.54, 1.807) is 0 Å². The molecule has 1 aliphatic heterocycles. The van der Waals surface area contributed by atoms with Gasteiger partial charge in [-0.15, -0.1) is 0 Å². The first-order valence-electron chi connectivity index (χ1n) is 6.20. The van der Waals surface area contributed by atoms with Crippen molar-refractivity contribution in [1.82, 2.24) is 15.2 Å². The maximum absolute atomic E-state index is 4.05. The summed E-state index contributed by atoms with van der Waals surface area (Å²) in [6.07, 6.45) is 5.08. The van der Waals surface area contributed by atoms with Crippen LogP contribution in [-0.2, 0) is 6.54 Å². The van der Waals surface area contributed by atoms with Crippen LogP contribution in [0, 0.1) is 5.92 Å². The number of likely N-dealkylation sites (tertiary alicyclic amines) is 1. The monoisotopic (exact) mass is 219 g/mol. The zero-order valence-electron chi connectivity index (χ0n) is 10.0. The van der Waals surface area contributed by atoms with Crippen LogP contribution in [0.3, 0.4) is 0 Å². The molecule has 1 fully saturated rings. The molecule has 0 bridgehead atoms. The first-order chi connectivity index (χ1) is 7.88. The van der Waals surface area contributed by atoms with E-state index in [0.29, 0.717) is 0 Å². The summed E-state index contributed by atoms with van der Waals surface area (Å²) >= 11 is 0. The Balaban J connectivity index is 1.76. The second kappa shape index (κ2) is 5.97. The van der Waals surface area contributed by atoms with E-state index in [9.17, 15) is 0 Å². The average Bonchev–Trinajstić information content (AvgIpc) is 2.75. The third-order valence-corrected chi connectivity index (χ3v) is 3.21. The molecule has 2 rings (SSSR count). The standard InChI is InChI=1S/C13H21N3/c1-2-14-9-13-5-8-16(11-13)10-12-3-6-15-7-4-12/h3-4,6-7,13-14H,2,5,8-11H2,1H3. The van der Waals surface area contributed by atoms with Gasteiger partial charge < -0.3 is 5.32 Å². The van der Waals surface area contributed by atoms with Gasteiger partial charge in [-0.2, -0.15) is 0 Å². The maximum atomic E-state index is 4.05. The number of rotatable bonds is 5. The normalized spacial score (nSPS) is 21.4. The summed E-state index contributed by atoms with van der Waals surface area (Å²) in [7, 11) is 0. The highest BCUT2D eigenvalue weighted by Crippen LogP contribution is 2.17. The van der Waals surface area contributed by atoms with Gasteiger partial charge in [-0.25, -0.2) is 0 Å². The summed E-state index contributed by atoms with van der Waals surface area (Å²) < 4.78 is 0. The summed E-state index contributed by atoms with van der Waals surface area (Å²) in [4.78, 5) is 6.59. The molecule has 0 aromatic carbocycles. The van der Waals surface area contributed by atoms with Crippen molar-refractivity contribution >= 4 is 0 Å². The topological polar surface area (TPSA) is 28.2 Å². The number of aromatic nitrogens is 1. The lowest BCUT2D eigenvalue weighted by atomic mass is 10.1. The molecule has 0 saturated carbocycles. The van der Waals surface area contributed by atoms with E-state index in [1.165, 1.54) is 31.6 Å². The molecule has 0 radical (unpaired) electrons. The van der Waals surface area contributed by atoms with Gasteiger partial charge in [-0.1, -0.05) is 6.92 Å². The lowest BCUT2D eigenvalue weighted by molar-refractivity contribution is 0.314. The van der Waals surface area contributed by atoms with Crippen LogP contribution in [0.1, 0.15) is 18.9 Å². The largest absolute Gasteiger partial charge is 0.317 e. The third-order valence-electron chi connectivity index (χ3n) is 3.21. The Kier molecular flexibility index (Phi) is 4.31. The zero-order valence-corrected chi connectivity index (χ0v) is 10.0. The van der Waals surface area contributed by atoms with E-state index >= 15 is 0 Å². The Morgan fingerprint density at radius 3 is 3.00 bits per heavy atom. The molecule has 3 nitrogen and oxygen atoms in total. The Bertz CT molecular complexity index is 299. The van der Waals surface area contributed by atoms with Gasteiger partial charge in [0.15, 0.2) is 0 Å². The van der Waals surface area contributed by atoms with Gasteiger partial charge in [0.1, 0.15) is 0 Å². The minimum Gasteiger partial charge on any atom is -0.317 e. The summed E-state index contributed by atoms with van der Waals surface area (Å²) in [6.45, 7) is 7.97. The highest BCUT2D eigenvalue weighted by Gasteiger charge is 2.21. The molecule has 16 heavy (non-hydrogen) atoms. The summed E-state index contributed by atoms with van der Waals surface area (Å²) in [5, 5.41) is 3.44. The molecule has 0 spiro atoms. The smallest absolute Gasteiger partial charge is 0.0271 e. The maximum Gasteiger partial charge on any atom is 0.0271 e. The van der Waals surface area contributed by atoms with Crippen LogP contribution in [0.5, 0.6) is 0 Å². The first-order valence-corrected chi connectivity index (χ1v) is 6.20. The molecule has 1 unspecified atom stereocenters. The van der Waals surface area contributed by atoms with Crippen LogP contribution in [-0.4, -0.2) is 36.1 Å². The van der Waals surface area contributed by atoms with Crippen molar-refractivity contribution in [3.63, 3.8) is 0 Å². The Labute approximate surface area is 97.9 Å². The Morgan fingerprint density at radius 2 is 2.25 bits per heavy atom. The quantitative estimate of drug-likeness (QED) is 0.813. The van der Waals surface area contributed by atoms with Gasteiger partial charge >= 0.3 is 0 Å². The number of nitrogens with zero attached hydrogens (tertiary/aromatic N) is 2. The second-order valence-corrected chi connectivity index (χ2v) is 4.55. The molecule has 2 heterocycles. The summed E-state index contributed by atoms with van der Waals surface area (Å²) in [5.74, 6) is 0.835. The molecule has 0 amide bonds. The third kappa shape index (κ3) is 3.29. The molecule has 88 valence electrons. The van der Waals surface area contributed by atoms with Crippen molar-refractivity contribution in [2.75, 3.05) is 26.2 Å². The Hall–Kier alpha value is -0.930. The highest BCUT2D eigenvalue weighted by atomic mass is 15.1. The van der Waals surface area contributed by atoms with Gasteiger partial charge in [0.25, 0.3) is 0 Å². The number of pyridine rings is 1. The SMILES string of the molecule is CCNCC1CCN(Cc2ccncc2)C1. The fourth-order valence-corrected chi connectivity index (χ4v) is 2.32. The highest BCUT2D eigenvalue weighted by molar-refractivity contribution is 5.09. The minimum atomic E-state index is 0.835. The predicted octanol–water partition coefficient (Wildman–Crippen LogP) is 1.51. The molecule has 1 aromatic heterocycles. The molecule has 0 aliphatic carbocycles. The van der Waals surface area contributed by atoms with Gasteiger partial charge in [-0.05, 0) is 49.7 Å². The fraction of sp³-hybridized carbons (Fsp3) is 0.615. The molecule has 1 aromatic rings. The molecule has 3 heteroatoms. The van der Waals surface area contributed by atoms with E-state index in [0.717, 1.165) is 19.0 Å². The number of hydrogen-bond donors (Lipinski definition) is 1. The zero-order chi connectivity index (χ0) is 11.2. The first kappa shape index (κ1) is 11.6. The van der Waals surface area contributed by atoms with Crippen LogP contribution in [0.2, 0.25) is 0 Å². The Morgan fingerprint density at radius 1 is 1.44 bits per heavy atom. The van der Waals surface area contributed by atoms with E-state index < -0.39 is 0 Å². The van der Waals surface area contributed by atoms with Gasteiger partial charge in [0, 0.05) is 25.5 Å². The van der Waals surface area contributed by atoms with Gasteiger partial charge in [-0.3, -0.25) is 9.88 Å². The van der Waals surface area contributed by atoms with Crippen molar-refractivity contribution in [1.29, 1.82) is 0 Å². The van der Waals surface area contributed by atoms with Crippen molar-refractivity contribution < 1.29 is 0 Å². The van der Waals surface area contributed by atoms with Crippen molar-refractivity contribution in [3.8, 4) is 0 Å². The van der Waals surface area contributed by atoms with Crippen molar-refractivity contribution in [2.24, 2.45) is 5.92 Å². The predicted molar refractivity (Wildman–Crippen MR) is 66.2 cm³/mol. The van der Waals surface area contributed by atoms with E-state index in [2.05, 4.69) is 34.3 Å². The van der Waals surface area contributed by atoms with Crippen molar-refractivity contribution in [2.45, 2.75) is 19.9 Å². The molecular weight excluding hydrogens is 198 g/mol. The fourth-order valence-electron chi connectivity index (χ4n) is 2.32. The van der Waals surface area contributed by atoms with Crippen molar-refractivity contribution in [3.05, 3.63) is 30.1 Å². The lowest BCUT2D eigenvalue weighted by Gasteiger charge is -2.16. The van der Waals surface area contributed by atoms with Crippen LogP contribution in [0.25, 0.3) is 0 Å². The number of hydrogen-bond acceptors (Lipinski definition) is 3. The van der Waals surface area contributed by atoms with Crippen LogP contribution in [0.15, 0.2) is 24.5 Å². The van der Waals surface area contributed by atoms with Gasteiger partial charge in [0.2, 0.25) is 0 Å². The molecule has 1 saturated heterocycles. The summed E-state index contributed by atoms with van der Waals surface area (Å²) in [6, 6.07) is 4.22. The second-order valence-electron chi connectivity index (χ2n) is 4.55. The number of nitrogens with one attached hydrogen (secondary N) is 1. The van der Waals surface area contributed by atoms with E-state index in [4.69, 9.17) is 0 Å².